The fourth-order valence-electron chi connectivity index (χ4n) is 3.07. The van der Waals surface area contributed by atoms with Crippen molar-refractivity contribution in [2.75, 3.05) is 6.61 Å². The highest BCUT2D eigenvalue weighted by Crippen LogP contribution is 2.35. The van der Waals surface area contributed by atoms with Crippen molar-refractivity contribution in [2.45, 2.75) is 109 Å². The van der Waals surface area contributed by atoms with Crippen LogP contribution in [0.15, 0.2) is 0 Å². The summed E-state index contributed by atoms with van der Waals surface area (Å²) < 4.78 is 15.0. The lowest BCUT2D eigenvalue weighted by molar-refractivity contribution is 0.202. The number of unbranched alkanes of at least 4 members (excludes halogenated alkanes) is 14. The molecule has 0 aliphatic heterocycles. The first-order chi connectivity index (χ1) is 13.0. The highest BCUT2D eigenvalue weighted by atomic mass is 32.1. The minimum Gasteiger partial charge on any atom is -0.303 e. The van der Waals surface area contributed by atoms with Crippen LogP contribution in [0.25, 0.3) is 0 Å². The van der Waals surface area contributed by atoms with Crippen LogP contribution in [0.4, 0.5) is 0 Å². The van der Waals surface area contributed by atoms with Crippen LogP contribution in [-0.2, 0) is 9.09 Å². The van der Waals surface area contributed by atoms with Crippen molar-refractivity contribution in [3.8, 4) is 0 Å². The van der Waals surface area contributed by atoms with Crippen molar-refractivity contribution in [2.24, 2.45) is 0 Å². The van der Waals surface area contributed by atoms with E-state index < -0.39 is 7.82 Å². The highest BCUT2D eigenvalue weighted by Gasteiger charge is 2.13. The first-order valence-electron chi connectivity index (χ1n) is 10.6. The molecular weight excluding hydrogens is 399 g/mol. The molecule has 27 heavy (non-hydrogen) atoms. The Morgan fingerprint density at radius 3 is 1.56 bits per heavy atom. The maximum atomic E-state index is 10.6. The summed E-state index contributed by atoms with van der Waals surface area (Å²) in [4.78, 5) is 18.0. The summed E-state index contributed by atoms with van der Waals surface area (Å²) in [5, 5.41) is 1.85. The standard InChI is InChI=1S/C20H39O4PS2/c21-25(22,23)24-18-17-20(27)16-14-12-10-8-6-4-2-1-3-5-7-9-11-13-15-19-26/h19H,1-18H2,(H2,21,22,23). The minimum absolute atomic E-state index is 0.0108. The molecule has 0 saturated heterocycles. The zero-order chi connectivity index (χ0) is 20.2. The van der Waals surface area contributed by atoms with Gasteiger partial charge in [0.05, 0.1) is 6.61 Å². The van der Waals surface area contributed by atoms with Gasteiger partial charge in [-0.2, -0.15) is 0 Å². The van der Waals surface area contributed by atoms with Gasteiger partial charge < -0.3 is 9.79 Å². The molecule has 0 unspecified atom stereocenters. The summed E-state index contributed by atoms with van der Waals surface area (Å²) >= 11 is 10.0. The van der Waals surface area contributed by atoms with E-state index in [4.69, 9.17) is 34.2 Å². The number of hydrogen-bond donors (Lipinski definition) is 2. The first kappa shape index (κ1) is 27.3. The van der Waals surface area contributed by atoms with E-state index in [2.05, 4.69) is 4.52 Å². The molecule has 4 nitrogen and oxygen atoms in total. The molecule has 0 bridgehead atoms. The monoisotopic (exact) mass is 438 g/mol. The Hall–Kier alpha value is 0.290. The molecule has 0 heterocycles. The Morgan fingerprint density at radius 1 is 0.741 bits per heavy atom. The van der Waals surface area contributed by atoms with Gasteiger partial charge in [0.2, 0.25) is 0 Å². The fraction of sp³-hybridized carbons (Fsp3) is 0.900. The lowest BCUT2D eigenvalue weighted by Gasteiger charge is -2.06. The van der Waals surface area contributed by atoms with Gasteiger partial charge >= 0.3 is 7.82 Å². The van der Waals surface area contributed by atoms with Gasteiger partial charge in [-0.15, -0.1) is 0 Å². The summed E-state index contributed by atoms with van der Waals surface area (Å²) in [6.45, 7) is 0.0108. The zero-order valence-electron chi connectivity index (χ0n) is 16.8. The maximum Gasteiger partial charge on any atom is 0.469 e. The molecular formula is C20H39O4PS2. The van der Waals surface area contributed by atoms with Crippen LogP contribution in [0.5, 0.6) is 0 Å². The number of phosphoric ester groups is 1. The Bertz CT molecular complexity index is 413. The highest BCUT2D eigenvalue weighted by molar-refractivity contribution is 7.80. The molecule has 0 aliphatic rings. The largest absolute Gasteiger partial charge is 0.469 e. The molecule has 0 rings (SSSR count). The molecule has 0 fully saturated rings. The van der Waals surface area contributed by atoms with E-state index in [-0.39, 0.29) is 6.61 Å². The van der Waals surface area contributed by atoms with E-state index in [1.165, 1.54) is 83.5 Å². The number of rotatable bonds is 21. The molecule has 0 aromatic rings. The van der Waals surface area contributed by atoms with Gasteiger partial charge in [0, 0.05) is 6.42 Å². The van der Waals surface area contributed by atoms with E-state index in [1.807, 2.05) is 5.37 Å². The van der Waals surface area contributed by atoms with Gasteiger partial charge in [0.15, 0.2) is 0 Å². The topological polar surface area (TPSA) is 66.8 Å². The van der Waals surface area contributed by atoms with Crippen LogP contribution < -0.4 is 0 Å². The summed E-state index contributed by atoms with van der Waals surface area (Å²) in [6, 6.07) is 0. The molecule has 0 aromatic heterocycles. The third-order valence-electron chi connectivity index (χ3n) is 4.67. The Kier molecular flexibility index (Phi) is 19.8. The van der Waals surface area contributed by atoms with Crippen molar-refractivity contribution in [1.82, 2.24) is 0 Å². The molecule has 0 aliphatic carbocycles. The lowest BCUT2D eigenvalue weighted by Crippen LogP contribution is -2.01. The van der Waals surface area contributed by atoms with E-state index in [9.17, 15) is 4.57 Å². The van der Waals surface area contributed by atoms with E-state index in [0.29, 0.717) is 6.42 Å². The summed E-state index contributed by atoms with van der Waals surface area (Å²) in [5.74, 6) is 0. The summed E-state index contributed by atoms with van der Waals surface area (Å²) in [5.41, 5.74) is 0. The molecule has 0 radical (unpaired) electrons. The summed E-state index contributed by atoms with van der Waals surface area (Å²) in [7, 11) is -4.35. The van der Waals surface area contributed by atoms with Crippen molar-refractivity contribution in [1.29, 1.82) is 0 Å². The normalized spacial score (nSPS) is 11.6. The van der Waals surface area contributed by atoms with E-state index in [1.54, 1.807) is 0 Å². The fourth-order valence-corrected chi connectivity index (χ4v) is 3.80. The van der Waals surface area contributed by atoms with Crippen molar-refractivity contribution < 1.29 is 18.9 Å². The third-order valence-corrected chi connectivity index (χ3v) is 5.83. The van der Waals surface area contributed by atoms with Crippen molar-refractivity contribution in [3.05, 3.63) is 0 Å². The predicted octanol–water partition coefficient (Wildman–Crippen LogP) is 7.10. The maximum absolute atomic E-state index is 10.6. The third kappa shape index (κ3) is 24.3. The second kappa shape index (κ2) is 19.6. The smallest absolute Gasteiger partial charge is 0.303 e. The van der Waals surface area contributed by atoms with Crippen molar-refractivity contribution >= 4 is 42.5 Å². The molecule has 0 spiro atoms. The van der Waals surface area contributed by atoms with E-state index in [0.717, 1.165) is 24.1 Å². The van der Waals surface area contributed by atoms with Gasteiger partial charge in [0.1, 0.15) is 0 Å². The van der Waals surface area contributed by atoms with Crippen LogP contribution >= 0.6 is 32.3 Å². The van der Waals surface area contributed by atoms with Crippen LogP contribution in [0.1, 0.15) is 109 Å². The summed E-state index contributed by atoms with van der Waals surface area (Å²) in [6.07, 6.45) is 20.7. The minimum atomic E-state index is -4.35. The van der Waals surface area contributed by atoms with Crippen molar-refractivity contribution in [3.63, 3.8) is 0 Å². The number of thiocarbonyl (C=S) groups is 2. The molecule has 0 atom stereocenters. The van der Waals surface area contributed by atoms with Gasteiger partial charge in [-0.05, 0) is 35.9 Å². The first-order valence-corrected chi connectivity index (χ1v) is 13.0. The predicted molar refractivity (Wildman–Crippen MR) is 123 cm³/mol. The molecule has 0 saturated carbocycles. The number of phosphoric acid groups is 1. The second-order valence-electron chi connectivity index (χ2n) is 7.27. The van der Waals surface area contributed by atoms with Gasteiger partial charge in [-0.3, -0.25) is 4.52 Å². The average Bonchev–Trinajstić information content (AvgIpc) is 2.60. The van der Waals surface area contributed by atoms with Crippen LogP contribution in [0, 0.1) is 0 Å². The van der Waals surface area contributed by atoms with Crippen LogP contribution in [0.3, 0.4) is 0 Å². The molecule has 0 amide bonds. The zero-order valence-corrected chi connectivity index (χ0v) is 19.3. The van der Waals surface area contributed by atoms with Crippen LogP contribution in [-0.4, -0.2) is 26.6 Å². The van der Waals surface area contributed by atoms with Gasteiger partial charge in [0.25, 0.3) is 0 Å². The Morgan fingerprint density at radius 2 is 1.15 bits per heavy atom. The second-order valence-corrected chi connectivity index (χ2v) is 9.42. The molecule has 2 N–H and O–H groups in total. The van der Waals surface area contributed by atoms with Gasteiger partial charge in [-0.1, -0.05) is 101 Å². The molecule has 160 valence electrons. The Balaban J connectivity index is 3.17. The van der Waals surface area contributed by atoms with Gasteiger partial charge in [-0.25, -0.2) is 4.57 Å². The quantitative estimate of drug-likeness (QED) is 0.113. The average molecular weight is 439 g/mol. The SMILES string of the molecule is O=P(O)(O)OCCC(=S)CCCCCCCCCCCCCCCCC=S. The number of hydrogen-bond acceptors (Lipinski definition) is 4. The molecule has 7 heteroatoms. The van der Waals surface area contributed by atoms with Crippen LogP contribution in [0.2, 0.25) is 0 Å². The molecule has 0 aromatic carbocycles. The lowest BCUT2D eigenvalue weighted by atomic mass is 10.0. The Labute approximate surface area is 177 Å². The van der Waals surface area contributed by atoms with E-state index >= 15 is 0 Å².